The van der Waals surface area contributed by atoms with E-state index in [4.69, 9.17) is 15.0 Å². The lowest BCUT2D eigenvalue weighted by Gasteiger charge is -2.32. The molecule has 1 aromatic rings. The van der Waals surface area contributed by atoms with Crippen molar-refractivity contribution in [1.29, 1.82) is 0 Å². The van der Waals surface area contributed by atoms with Crippen LogP contribution in [0.1, 0.15) is 37.4 Å². The highest BCUT2D eigenvalue weighted by Gasteiger charge is 2.52. The molecule has 1 fully saturated rings. The first-order valence-electron chi connectivity index (χ1n) is 6.58. The van der Waals surface area contributed by atoms with Gasteiger partial charge in [0.05, 0.1) is 11.2 Å². The van der Waals surface area contributed by atoms with Crippen molar-refractivity contribution in [2.45, 2.75) is 45.8 Å². The highest BCUT2D eigenvalue weighted by atomic mass is 32.1. The highest BCUT2D eigenvalue weighted by molar-refractivity contribution is 7.12. The van der Waals surface area contributed by atoms with Gasteiger partial charge in [-0.2, -0.15) is 0 Å². The minimum Gasteiger partial charge on any atom is -0.400 e. The third-order valence-electron chi connectivity index (χ3n) is 3.88. The zero-order valence-corrected chi connectivity index (χ0v) is 13.1. The van der Waals surface area contributed by atoms with Gasteiger partial charge in [0.2, 0.25) is 0 Å². The molecule has 0 atom stereocenters. The zero-order valence-electron chi connectivity index (χ0n) is 12.3. The molecule has 2 N–H and O–H groups in total. The number of hydrogen-bond donors (Lipinski definition) is 1. The van der Waals surface area contributed by atoms with Crippen molar-refractivity contribution in [1.82, 2.24) is 0 Å². The van der Waals surface area contributed by atoms with Crippen molar-refractivity contribution in [2.24, 2.45) is 5.73 Å². The van der Waals surface area contributed by atoms with E-state index in [1.807, 2.05) is 0 Å². The fraction of sp³-hybridized carbons (Fsp3) is 0.571. The van der Waals surface area contributed by atoms with Crippen LogP contribution in [0.3, 0.4) is 0 Å². The van der Waals surface area contributed by atoms with Gasteiger partial charge < -0.3 is 15.0 Å². The van der Waals surface area contributed by atoms with Crippen molar-refractivity contribution < 1.29 is 9.31 Å². The summed E-state index contributed by atoms with van der Waals surface area (Å²) >= 11 is 1.75. The summed E-state index contributed by atoms with van der Waals surface area (Å²) in [5, 5.41) is 0. The molecule has 0 spiro atoms. The van der Waals surface area contributed by atoms with Crippen LogP contribution in [-0.2, 0) is 9.31 Å². The lowest BCUT2D eigenvalue weighted by molar-refractivity contribution is 0.00578. The van der Waals surface area contributed by atoms with Crippen LogP contribution in [0.2, 0.25) is 0 Å². The quantitative estimate of drug-likeness (QED) is 0.865. The highest BCUT2D eigenvalue weighted by Crippen LogP contribution is 2.38. The van der Waals surface area contributed by atoms with E-state index in [1.54, 1.807) is 11.3 Å². The molecule has 0 bridgehead atoms. The van der Waals surface area contributed by atoms with E-state index in [9.17, 15) is 0 Å². The molecule has 1 aromatic heterocycles. The molecule has 0 unspecified atom stereocenters. The first kappa shape index (κ1) is 14.8. The molecule has 0 radical (unpaired) electrons. The Balaban J connectivity index is 2.23. The molecule has 0 saturated carbocycles. The van der Waals surface area contributed by atoms with Gasteiger partial charge in [0.1, 0.15) is 0 Å². The van der Waals surface area contributed by atoms with E-state index in [0.29, 0.717) is 6.54 Å². The molecule has 5 heteroatoms. The van der Waals surface area contributed by atoms with E-state index in [1.165, 1.54) is 9.75 Å². The van der Waals surface area contributed by atoms with Gasteiger partial charge in [-0.15, -0.1) is 11.3 Å². The Labute approximate surface area is 119 Å². The summed E-state index contributed by atoms with van der Waals surface area (Å²) in [5.41, 5.74) is 6.20. The van der Waals surface area contributed by atoms with Crippen molar-refractivity contribution in [3.05, 3.63) is 27.4 Å². The largest absolute Gasteiger partial charge is 0.491 e. The molecular weight excluding hydrogens is 257 g/mol. The first-order chi connectivity index (χ1) is 8.75. The summed E-state index contributed by atoms with van der Waals surface area (Å²) in [5.74, 6) is 0. The van der Waals surface area contributed by atoms with Gasteiger partial charge >= 0.3 is 7.12 Å². The molecule has 0 amide bonds. The molecule has 1 aliphatic heterocycles. The van der Waals surface area contributed by atoms with Crippen LogP contribution in [-0.4, -0.2) is 24.9 Å². The average molecular weight is 279 g/mol. The Morgan fingerprint density at radius 1 is 1.26 bits per heavy atom. The minimum atomic E-state index is -0.350. The third-order valence-corrected chi connectivity index (χ3v) is 4.83. The number of rotatable bonds is 3. The lowest BCUT2D eigenvalue weighted by Crippen LogP contribution is -2.41. The fourth-order valence-electron chi connectivity index (χ4n) is 1.93. The van der Waals surface area contributed by atoms with E-state index < -0.39 is 0 Å². The smallest absolute Gasteiger partial charge is 0.400 e. The van der Waals surface area contributed by atoms with E-state index in [2.05, 4.69) is 52.8 Å². The third kappa shape index (κ3) is 2.94. The Morgan fingerprint density at radius 3 is 2.26 bits per heavy atom. The monoisotopic (exact) mass is 279 g/mol. The van der Waals surface area contributed by atoms with Gasteiger partial charge in [0.25, 0.3) is 0 Å². The van der Waals surface area contributed by atoms with Gasteiger partial charge in [-0.3, -0.25) is 0 Å². The van der Waals surface area contributed by atoms with Crippen LogP contribution < -0.4 is 5.73 Å². The van der Waals surface area contributed by atoms with Crippen LogP contribution in [0, 0.1) is 6.92 Å². The van der Waals surface area contributed by atoms with E-state index in [0.717, 1.165) is 5.47 Å². The number of aryl methyl sites for hydroxylation is 1. The lowest BCUT2D eigenvalue weighted by atomic mass is 9.77. The number of hydrogen-bond acceptors (Lipinski definition) is 4. The molecule has 1 aliphatic rings. The van der Waals surface area contributed by atoms with Crippen LogP contribution in [0.5, 0.6) is 0 Å². The molecule has 2 rings (SSSR count). The zero-order chi connectivity index (χ0) is 14.3. The molecule has 0 aromatic carbocycles. The molecule has 1 saturated heterocycles. The van der Waals surface area contributed by atoms with Crippen LogP contribution in [0.15, 0.2) is 17.6 Å². The van der Waals surface area contributed by atoms with Crippen LogP contribution >= 0.6 is 11.3 Å². The standard InChI is InChI=1S/C14H22BNO2S/c1-10-6-7-12(19-10)8-11(9-16)15-17-13(2,3)14(4,5)18-15/h6-8H,9,16H2,1-5H3. The molecule has 3 nitrogen and oxygen atoms in total. The van der Waals surface area contributed by atoms with E-state index >= 15 is 0 Å². The van der Waals surface area contributed by atoms with Crippen LogP contribution in [0.4, 0.5) is 0 Å². The normalized spacial score (nSPS) is 22.0. The summed E-state index contributed by atoms with van der Waals surface area (Å²) in [7, 11) is -0.350. The number of thiophene rings is 1. The number of nitrogens with two attached hydrogens (primary N) is 1. The maximum atomic E-state index is 6.03. The Bertz CT molecular complexity index is 477. The molecule has 0 aliphatic carbocycles. The Kier molecular flexibility index (Phi) is 3.93. The van der Waals surface area contributed by atoms with Crippen LogP contribution in [0.25, 0.3) is 6.08 Å². The van der Waals surface area contributed by atoms with Gasteiger partial charge in [-0.1, -0.05) is 0 Å². The summed E-state index contributed by atoms with van der Waals surface area (Å²) < 4.78 is 12.1. The second-order valence-corrected chi connectivity index (χ2v) is 7.28. The molecular formula is C14H22BNO2S. The minimum absolute atomic E-state index is 0.322. The maximum absolute atomic E-state index is 6.03. The maximum Gasteiger partial charge on any atom is 0.491 e. The van der Waals surface area contributed by atoms with Crippen molar-refractivity contribution in [3.8, 4) is 0 Å². The molecule has 2 heterocycles. The van der Waals surface area contributed by atoms with E-state index in [-0.39, 0.29) is 18.3 Å². The predicted octanol–water partition coefficient (Wildman–Crippen LogP) is 3.03. The van der Waals surface area contributed by atoms with Gasteiger partial charge in [0, 0.05) is 16.3 Å². The van der Waals surface area contributed by atoms with Gasteiger partial charge in [-0.05, 0) is 58.3 Å². The average Bonchev–Trinajstić information content (AvgIpc) is 2.78. The van der Waals surface area contributed by atoms with Crippen molar-refractivity contribution >= 4 is 24.5 Å². The molecule has 104 valence electrons. The topological polar surface area (TPSA) is 44.5 Å². The Morgan fingerprint density at radius 2 is 1.84 bits per heavy atom. The fourth-order valence-corrected chi connectivity index (χ4v) is 2.79. The summed E-state index contributed by atoms with van der Waals surface area (Å²) in [6.07, 6.45) is 2.08. The first-order valence-corrected chi connectivity index (χ1v) is 7.39. The van der Waals surface area contributed by atoms with Crippen molar-refractivity contribution in [2.75, 3.05) is 6.54 Å². The van der Waals surface area contributed by atoms with Gasteiger partial charge in [-0.25, -0.2) is 0 Å². The second kappa shape index (κ2) is 5.06. The summed E-state index contributed by atoms with van der Waals surface area (Å²) in [6.45, 7) is 10.7. The predicted molar refractivity (Wildman–Crippen MR) is 82.2 cm³/mol. The van der Waals surface area contributed by atoms with Gasteiger partial charge in [0.15, 0.2) is 0 Å². The Hall–Kier alpha value is -0.615. The summed E-state index contributed by atoms with van der Waals surface area (Å²) in [4.78, 5) is 2.48. The summed E-state index contributed by atoms with van der Waals surface area (Å²) in [6, 6.07) is 4.20. The second-order valence-electron chi connectivity index (χ2n) is 5.96. The SMILES string of the molecule is Cc1ccc(C=C(CN)B2OC(C)(C)C(C)(C)O2)s1. The van der Waals surface area contributed by atoms with Crippen molar-refractivity contribution in [3.63, 3.8) is 0 Å². The molecule has 19 heavy (non-hydrogen) atoms.